The Bertz CT molecular complexity index is 1000. The first-order valence-electron chi connectivity index (χ1n) is 7.58. The number of benzene rings is 1. The van der Waals surface area contributed by atoms with Crippen LogP contribution in [0.4, 0.5) is 0 Å². The Hall–Kier alpha value is -2.92. The maximum atomic E-state index is 11.6. The number of amides is 1. The third kappa shape index (κ3) is 2.59. The fourth-order valence-corrected chi connectivity index (χ4v) is 3.80. The summed E-state index contributed by atoms with van der Waals surface area (Å²) in [6.45, 7) is 0.702. The monoisotopic (exact) mass is 333 g/mol. The van der Waals surface area contributed by atoms with E-state index in [9.17, 15) is 4.79 Å². The summed E-state index contributed by atoms with van der Waals surface area (Å²) in [5, 5.41) is 1.83. The van der Waals surface area contributed by atoms with E-state index in [1.54, 1.807) is 17.5 Å². The number of rotatable bonds is 4. The Morgan fingerprint density at radius 3 is 2.67 bits per heavy atom. The predicted octanol–water partition coefficient (Wildman–Crippen LogP) is 3.91. The third-order valence-corrected chi connectivity index (χ3v) is 4.99. The lowest BCUT2D eigenvalue weighted by Gasteiger charge is -2.07. The van der Waals surface area contributed by atoms with Gasteiger partial charge in [0.2, 0.25) is 0 Å². The van der Waals surface area contributed by atoms with Crippen molar-refractivity contribution in [3.63, 3.8) is 0 Å². The minimum atomic E-state index is -0.381. The summed E-state index contributed by atoms with van der Waals surface area (Å²) < 4.78 is 3.15. The summed E-state index contributed by atoms with van der Waals surface area (Å²) in [7, 11) is 0. The zero-order chi connectivity index (χ0) is 16.5. The van der Waals surface area contributed by atoms with Gasteiger partial charge >= 0.3 is 0 Å². The molecule has 5 heteroatoms. The molecule has 0 spiro atoms. The van der Waals surface area contributed by atoms with Gasteiger partial charge in [0.1, 0.15) is 0 Å². The van der Waals surface area contributed by atoms with Gasteiger partial charge in [-0.1, -0.05) is 30.3 Å². The van der Waals surface area contributed by atoms with E-state index >= 15 is 0 Å². The molecule has 2 N–H and O–H groups in total. The SMILES string of the molecule is NC(=O)c1csc2ccn(Cc3ccc(-c4cccnc4)cc3)c12. The van der Waals surface area contributed by atoms with Crippen molar-refractivity contribution in [1.82, 2.24) is 9.55 Å². The van der Waals surface area contributed by atoms with Crippen LogP contribution < -0.4 is 5.73 Å². The minimum Gasteiger partial charge on any atom is -0.366 e. The van der Waals surface area contributed by atoms with Crippen LogP contribution in [0.15, 0.2) is 66.4 Å². The van der Waals surface area contributed by atoms with Crippen LogP contribution in [0.25, 0.3) is 21.3 Å². The first-order chi connectivity index (χ1) is 11.7. The molecule has 0 aliphatic heterocycles. The van der Waals surface area contributed by atoms with Gasteiger partial charge in [0.05, 0.1) is 15.8 Å². The second-order valence-corrected chi connectivity index (χ2v) is 6.52. The summed E-state index contributed by atoms with van der Waals surface area (Å²) in [4.78, 5) is 15.7. The minimum absolute atomic E-state index is 0.381. The molecule has 1 amide bonds. The first-order valence-corrected chi connectivity index (χ1v) is 8.46. The molecule has 4 rings (SSSR count). The fraction of sp³-hybridized carbons (Fsp3) is 0.0526. The van der Waals surface area contributed by atoms with Gasteiger partial charge < -0.3 is 10.3 Å². The van der Waals surface area contributed by atoms with E-state index in [0.717, 1.165) is 21.3 Å². The molecule has 0 unspecified atom stereocenters. The van der Waals surface area contributed by atoms with Gasteiger partial charge in [0.25, 0.3) is 5.91 Å². The molecule has 0 radical (unpaired) electrons. The maximum absolute atomic E-state index is 11.6. The van der Waals surface area contributed by atoms with E-state index < -0.39 is 0 Å². The van der Waals surface area contributed by atoms with Crippen LogP contribution in [0.1, 0.15) is 15.9 Å². The lowest BCUT2D eigenvalue weighted by atomic mass is 10.1. The zero-order valence-electron chi connectivity index (χ0n) is 12.8. The smallest absolute Gasteiger partial charge is 0.251 e. The lowest BCUT2D eigenvalue weighted by Crippen LogP contribution is -2.11. The lowest BCUT2D eigenvalue weighted by molar-refractivity contribution is 0.100. The second kappa shape index (κ2) is 5.94. The molecule has 0 aliphatic rings. The Labute approximate surface area is 143 Å². The molecule has 3 aromatic heterocycles. The highest BCUT2D eigenvalue weighted by Gasteiger charge is 2.13. The first kappa shape index (κ1) is 14.7. The summed E-state index contributed by atoms with van der Waals surface area (Å²) in [5.41, 5.74) is 10.4. The van der Waals surface area contributed by atoms with Crippen LogP contribution in [0.2, 0.25) is 0 Å². The number of aromatic nitrogens is 2. The number of nitrogens with zero attached hydrogens (tertiary/aromatic N) is 2. The molecular weight excluding hydrogens is 318 g/mol. The van der Waals surface area contributed by atoms with Crippen LogP contribution in [-0.4, -0.2) is 15.5 Å². The van der Waals surface area contributed by atoms with Gasteiger partial charge in [-0.2, -0.15) is 0 Å². The number of primary amides is 1. The van der Waals surface area contributed by atoms with Crippen molar-refractivity contribution in [2.24, 2.45) is 5.73 Å². The van der Waals surface area contributed by atoms with E-state index in [4.69, 9.17) is 5.73 Å². The summed E-state index contributed by atoms with van der Waals surface area (Å²) in [6, 6.07) is 14.4. The number of pyridine rings is 1. The molecule has 118 valence electrons. The van der Waals surface area contributed by atoms with Gasteiger partial charge in [-0.25, -0.2) is 0 Å². The molecule has 1 aromatic carbocycles. The molecule has 0 fully saturated rings. The summed E-state index contributed by atoms with van der Waals surface area (Å²) in [6.07, 6.45) is 5.63. The van der Waals surface area contributed by atoms with E-state index in [2.05, 4.69) is 33.8 Å². The number of fused-ring (bicyclic) bond motifs is 1. The Morgan fingerprint density at radius 2 is 1.96 bits per heavy atom. The number of carbonyl (C=O) groups excluding carboxylic acids is 1. The van der Waals surface area contributed by atoms with Crippen molar-refractivity contribution in [3.8, 4) is 11.1 Å². The van der Waals surface area contributed by atoms with Crippen LogP contribution in [0.5, 0.6) is 0 Å². The average molecular weight is 333 g/mol. The Morgan fingerprint density at radius 1 is 1.12 bits per heavy atom. The molecule has 4 aromatic rings. The van der Waals surface area contributed by atoms with E-state index in [-0.39, 0.29) is 5.91 Å². The second-order valence-electron chi connectivity index (χ2n) is 5.61. The quantitative estimate of drug-likeness (QED) is 0.615. The fourth-order valence-electron chi connectivity index (χ4n) is 2.85. The van der Waals surface area contributed by atoms with Crippen molar-refractivity contribution < 1.29 is 4.79 Å². The van der Waals surface area contributed by atoms with Gasteiger partial charge in [-0.15, -0.1) is 11.3 Å². The van der Waals surface area contributed by atoms with E-state index in [1.165, 1.54) is 5.56 Å². The van der Waals surface area contributed by atoms with Crippen molar-refractivity contribution in [3.05, 3.63) is 77.6 Å². The van der Waals surface area contributed by atoms with E-state index in [0.29, 0.717) is 12.1 Å². The number of hydrogen-bond acceptors (Lipinski definition) is 3. The number of carbonyl (C=O) groups is 1. The van der Waals surface area contributed by atoms with E-state index in [1.807, 2.05) is 36.0 Å². The summed E-state index contributed by atoms with van der Waals surface area (Å²) >= 11 is 1.54. The van der Waals surface area contributed by atoms with Gasteiger partial charge in [-0.05, 0) is 28.8 Å². The Balaban J connectivity index is 1.64. The standard InChI is InChI=1S/C19H15N3OS/c20-19(23)16-12-24-17-7-9-22(18(16)17)11-13-3-5-14(6-4-13)15-2-1-8-21-10-15/h1-10,12H,11H2,(H2,20,23). The molecule has 0 bridgehead atoms. The third-order valence-electron chi connectivity index (χ3n) is 4.05. The zero-order valence-corrected chi connectivity index (χ0v) is 13.7. The number of thiophene rings is 1. The molecule has 0 saturated heterocycles. The predicted molar refractivity (Wildman–Crippen MR) is 97.1 cm³/mol. The topological polar surface area (TPSA) is 60.9 Å². The molecule has 0 saturated carbocycles. The van der Waals surface area contributed by atoms with Crippen LogP contribution in [-0.2, 0) is 6.54 Å². The highest BCUT2D eigenvalue weighted by atomic mass is 32.1. The molecule has 24 heavy (non-hydrogen) atoms. The van der Waals surface area contributed by atoms with Crippen molar-refractivity contribution in [2.75, 3.05) is 0 Å². The molecular formula is C19H15N3OS. The van der Waals surface area contributed by atoms with Crippen LogP contribution in [0, 0.1) is 0 Å². The van der Waals surface area contributed by atoms with Crippen molar-refractivity contribution in [1.29, 1.82) is 0 Å². The van der Waals surface area contributed by atoms with Crippen molar-refractivity contribution >= 4 is 27.5 Å². The average Bonchev–Trinajstić information content (AvgIpc) is 3.19. The maximum Gasteiger partial charge on any atom is 0.251 e. The largest absolute Gasteiger partial charge is 0.366 e. The van der Waals surface area contributed by atoms with Crippen LogP contribution >= 0.6 is 11.3 Å². The van der Waals surface area contributed by atoms with Gasteiger partial charge in [0.15, 0.2) is 0 Å². The normalized spacial score (nSPS) is 11.0. The molecule has 0 atom stereocenters. The molecule has 3 heterocycles. The molecule has 0 aliphatic carbocycles. The van der Waals surface area contributed by atoms with Crippen LogP contribution in [0.3, 0.4) is 0 Å². The highest BCUT2D eigenvalue weighted by Crippen LogP contribution is 2.28. The highest BCUT2D eigenvalue weighted by molar-refractivity contribution is 7.17. The molecule has 4 nitrogen and oxygen atoms in total. The number of nitrogens with two attached hydrogens (primary N) is 1. The van der Waals surface area contributed by atoms with Gasteiger partial charge in [0, 0.05) is 30.5 Å². The summed E-state index contributed by atoms with van der Waals surface area (Å²) in [5.74, 6) is -0.381. The van der Waals surface area contributed by atoms with Gasteiger partial charge in [-0.3, -0.25) is 9.78 Å². The Kier molecular flexibility index (Phi) is 3.63. The number of hydrogen-bond donors (Lipinski definition) is 1. The van der Waals surface area contributed by atoms with Crippen molar-refractivity contribution in [2.45, 2.75) is 6.54 Å².